The van der Waals surface area contributed by atoms with Crippen molar-refractivity contribution in [1.82, 2.24) is 0 Å². The maximum absolute atomic E-state index is 12.3. The van der Waals surface area contributed by atoms with Crippen LogP contribution in [0.5, 0.6) is 0 Å². The fraction of sp³-hybridized carbons (Fsp3) is 0.789. The molecule has 0 fully saturated rings. The minimum atomic E-state index is -0.829. The lowest BCUT2D eigenvalue weighted by molar-refractivity contribution is -0.168. The number of Topliss-reactive ketones (excluding diaryl/α,β-unsaturated/α-hetero) is 1. The molecule has 2 atom stereocenters. The lowest BCUT2D eigenvalue weighted by Gasteiger charge is -2.30. The highest BCUT2D eigenvalue weighted by molar-refractivity contribution is 5.97. The zero-order valence-corrected chi connectivity index (χ0v) is 17.0. The molecule has 0 aromatic rings. The second-order valence-electron chi connectivity index (χ2n) is 7.64. The normalized spacial score (nSPS) is 14.7. The van der Waals surface area contributed by atoms with Crippen molar-refractivity contribution in [3.05, 3.63) is 0 Å². The molecule has 0 aromatic heterocycles. The molecule has 26 heavy (non-hydrogen) atoms. The van der Waals surface area contributed by atoms with Crippen LogP contribution in [0, 0.1) is 11.3 Å². The quantitative estimate of drug-likeness (QED) is 0.252. The number of esters is 3. The van der Waals surface area contributed by atoms with E-state index in [2.05, 4.69) is 0 Å². The van der Waals surface area contributed by atoms with E-state index in [1.165, 1.54) is 13.8 Å². The number of carbonyl (C=O) groups is 4. The van der Waals surface area contributed by atoms with Crippen LogP contribution in [-0.2, 0) is 33.4 Å². The van der Waals surface area contributed by atoms with E-state index < -0.39 is 28.9 Å². The van der Waals surface area contributed by atoms with Crippen molar-refractivity contribution < 1.29 is 33.4 Å². The molecular formula is C19H32O7. The molecule has 0 bridgehead atoms. The van der Waals surface area contributed by atoms with Gasteiger partial charge in [-0.05, 0) is 54.4 Å². The van der Waals surface area contributed by atoms with Crippen LogP contribution in [0.25, 0.3) is 0 Å². The molecule has 0 radical (unpaired) electrons. The maximum Gasteiger partial charge on any atom is 0.316 e. The summed E-state index contributed by atoms with van der Waals surface area (Å²) in [7, 11) is 0. The first kappa shape index (κ1) is 24.1. The first-order valence-electron chi connectivity index (χ1n) is 8.88. The van der Waals surface area contributed by atoms with Crippen LogP contribution >= 0.6 is 0 Å². The summed E-state index contributed by atoms with van der Waals surface area (Å²) in [5.74, 6) is -2.58. The van der Waals surface area contributed by atoms with E-state index in [0.717, 1.165) is 0 Å². The second-order valence-corrected chi connectivity index (χ2v) is 7.64. The lowest BCUT2D eigenvalue weighted by Crippen LogP contribution is -2.36. The molecule has 7 heteroatoms. The van der Waals surface area contributed by atoms with Crippen molar-refractivity contribution in [1.29, 1.82) is 0 Å². The predicted octanol–water partition coefficient (Wildman–Crippen LogP) is 2.84. The van der Waals surface area contributed by atoms with Gasteiger partial charge < -0.3 is 14.2 Å². The van der Waals surface area contributed by atoms with E-state index in [4.69, 9.17) is 14.2 Å². The highest BCUT2D eigenvalue weighted by Gasteiger charge is 2.36. The summed E-state index contributed by atoms with van der Waals surface area (Å²) in [4.78, 5) is 46.7. The summed E-state index contributed by atoms with van der Waals surface area (Å²) in [6, 6.07) is 0. The third kappa shape index (κ3) is 8.97. The van der Waals surface area contributed by atoms with Crippen molar-refractivity contribution in [2.45, 2.75) is 73.3 Å². The smallest absolute Gasteiger partial charge is 0.316 e. The van der Waals surface area contributed by atoms with Gasteiger partial charge >= 0.3 is 17.9 Å². The topological polar surface area (TPSA) is 96.0 Å². The number of hydrogen-bond acceptors (Lipinski definition) is 7. The minimum Gasteiger partial charge on any atom is -0.462 e. The van der Waals surface area contributed by atoms with E-state index in [-0.39, 0.29) is 31.4 Å². The zero-order chi connectivity index (χ0) is 20.5. The molecule has 0 N–H and O–H groups in total. The van der Waals surface area contributed by atoms with Gasteiger partial charge in [-0.1, -0.05) is 6.92 Å². The fourth-order valence-electron chi connectivity index (χ4n) is 1.86. The molecule has 0 aromatic carbocycles. The van der Waals surface area contributed by atoms with Crippen molar-refractivity contribution in [2.75, 3.05) is 13.2 Å². The van der Waals surface area contributed by atoms with Crippen LogP contribution < -0.4 is 0 Å². The van der Waals surface area contributed by atoms with Gasteiger partial charge in [0.1, 0.15) is 30.5 Å². The number of ether oxygens (including phenoxy) is 3. The van der Waals surface area contributed by atoms with Gasteiger partial charge in [-0.15, -0.1) is 0 Å². The summed E-state index contributed by atoms with van der Waals surface area (Å²) in [6.07, 6.45) is 0.898. The highest BCUT2D eigenvalue weighted by atomic mass is 16.6. The molecule has 0 saturated carbocycles. The third-order valence-electron chi connectivity index (χ3n) is 4.11. The average molecular weight is 372 g/mol. The van der Waals surface area contributed by atoms with E-state index >= 15 is 0 Å². The molecule has 0 aliphatic carbocycles. The molecular weight excluding hydrogens is 340 g/mol. The third-order valence-corrected chi connectivity index (χ3v) is 4.11. The van der Waals surface area contributed by atoms with Crippen LogP contribution in [-0.4, -0.2) is 42.5 Å². The van der Waals surface area contributed by atoms with Crippen LogP contribution in [0.1, 0.15) is 67.7 Å². The number of ketones is 1. The van der Waals surface area contributed by atoms with Gasteiger partial charge in [-0.2, -0.15) is 0 Å². The van der Waals surface area contributed by atoms with E-state index in [0.29, 0.717) is 12.8 Å². The van der Waals surface area contributed by atoms with Gasteiger partial charge in [0.2, 0.25) is 0 Å². The Morgan fingerprint density at radius 1 is 0.962 bits per heavy atom. The standard InChI is InChI=1S/C19H32O7/c1-8-19(7,17(23)26-18(4,5)6)10-9-15(21)24-11-12-25-16(22)13(2)14(3)20/h13H,8-12H2,1-7H3. The Morgan fingerprint density at radius 3 is 1.96 bits per heavy atom. The minimum absolute atomic E-state index is 0.0569. The molecule has 150 valence electrons. The molecule has 0 aliphatic heterocycles. The molecule has 2 unspecified atom stereocenters. The summed E-state index contributed by atoms with van der Waals surface area (Å²) in [6.45, 7) is 11.6. The van der Waals surface area contributed by atoms with Gasteiger partial charge in [0.15, 0.2) is 0 Å². The van der Waals surface area contributed by atoms with Crippen LogP contribution in [0.3, 0.4) is 0 Å². The van der Waals surface area contributed by atoms with Crippen LogP contribution in [0.15, 0.2) is 0 Å². The number of rotatable bonds is 10. The average Bonchev–Trinajstić information content (AvgIpc) is 2.53. The van der Waals surface area contributed by atoms with Crippen molar-refractivity contribution in [3.8, 4) is 0 Å². The Hall–Kier alpha value is -1.92. The summed E-state index contributed by atoms with van der Waals surface area (Å²) in [5.41, 5.74) is -1.36. The Bertz CT molecular complexity index is 518. The Morgan fingerprint density at radius 2 is 1.50 bits per heavy atom. The SMILES string of the molecule is CCC(C)(CCC(=O)OCCOC(=O)C(C)C(C)=O)C(=O)OC(C)(C)C. The molecule has 7 nitrogen and oxygen atoms in total. The van der Waals surface area contributed by atoms with E-state index in [9.17, 15) is 19.2 Å². The first-order valence-corrected chi connectivity index (χ1v) is 8.88. The Labute approximate surface area is 155 Å². The fourth-order valence-corrected chi connectivity index (χ4v) is 1.86. The summed E-state index contributed by atoms with van der Waals surface area (Å²) < 4.78 is 15.3. The van der Waals surface area contributed by atoms with Crippen LogP contribution in [0.2, 0.25) is 0 Å². The predicted molar refractivity (Wildman–Crippen MR) is 95.2 cm³/mol. The molecule has 0 aliphatic rings. The zero-order valence-electron chi connectivity index (χ0n) is 17.0. The molecule has 0 rings (SSSR count). The van der Waals surface area contributed by atoms with Crippen molar-refractivity contribution in [3.63, 3.8) is 0 Å². The van der Waals surface area contributed by atoms with Gasteiger partial charge in [0.05, 0.1) is 5.41 Å². The lowest BCUT2D eigenvalue weighted by atomic mass is 9.82. The first-order chi connectivity index (χ1) is 11.8. The van der Waals surface area contributed by atoms with Gasteiger partial charge in [0.25, 0.3) is 0 Å². The largest absolute Gasteiger partial charge is 0.462 e. The van der Waals surface area contributed by atoms with Gasteiger partial charge in [-0.3, -0.25) is 19.2 Å². The Balaban J connectivity index is 4.29. The molecule has 0 spiro atoms. The van der Waals surface area contributed by atoms with E-state index in [1.807, 2.05) is 6.92 Å². The van der Waals surface area contributed by atoms with E-state index in [1.54, 1.807) is 27.7 Å². The number of carbonyl (C=O) groups excluding carboxylic acids is 4. The second kappa shape index (κ2) is 10.3. The highest BCUT2D eigenvalue weighted by Crippen LogP contribution is 2.31. The Kier molecular flexibility index (Phi) is 9.52. The van der Waals surface area contributed by atoms with Gasteiger partial charge in [-0.25, -0.2) is 0 Å². The summed E-state index contributed by atoms with van der Waals surface area (Å²) >= 11 is 0. The van der Waals surface area contributed by atoms with Crippen molar-refractivity contribution >= 4 is 23.7 Å². The van der Waals surface area contributed by atoms with Crippen LogP contribution in [0.4, 0.5) is 0 Å². The number of hydrogen-bond donors (Lipinski definition) is 0. The van der Waals surface area contributed by atoms with Gasteiger partial charge in [0, 0.05) is 6.42 Å². The monoisotopic (exact) mass is 372 g/mol. The molecule has 0 amide bonds. The molecule has 0 heterocycles. The summed E-state index contributed by atoms with van der Waals surface area (Å²) in [5, 5.41) is 0. The maximum atomic E-state index is 12.3. The molecule has 0 saturated heterocycles. The van der Waals surface area contributed by atoms with Crippen molar-refractivity contribution in [2.24, 2.45) is 11.3 Å².